The molecule has 7 heteroatoms. The van der Waals surface area contributed by atoms with E-state index in [1.54, 1.807) is 0 Å². The third-order valence-electron chi connectivity index (χ3n) is 8.79. The standard InChI is InChI=1S/C43H40N6.Pt/c1-31(2)38-25-16-26-39(32(3)4)42(38)47-28-40(44-30-47)33-17-15-24-37(27-33)49(36-22-13-8-14-23-36)41-29-48(35-20-11-7-12-21-35)43(45-41)46(5)34-18-9-6-10-19-34;/h6-18,20-26,28-32H,1-5H3;/q-2;+2. The average molecular weight is 836 g/mol. The maximum absolute atomic E-state index is 5.27. The van der Waals surface area contributed by atoms with Crippen molar-refractivity contribution >= 4 is 28.8 Å². The second-order valence-electron chi connectivity index (χ2n) is 12.8. The van der Waals surface area contributed by atoms with Crippen molar-refractivity contribution in [1.29, 1.82) is 0 Å². The maximum Gasteiger partial charge on any atom is 2.00 e. The summed E-state index contributed by atoms with van der Waals surface area (Å²) in [6.45, 7) is 8.99. The molecule has 0 aliphatic rings. The monoisotopic (exact) mass is 835 g/mol. The van der Waals surface area contributed by atoms with Crippen LogP contribution in [0.15, 0.2) is 140 Å². The van der Waals surface area contributed by atoms with Crippen LogP contribution in [0.5, 0.6) is 0 Å². The van der Waals surface area contributed by atoms with Gasteiger partial charge >= 0.3 is 21.1 Å². The topological polar surface area (TPSA) is 42.1 Å². The predicted molar refractivity (Wildman–Crippen MR) is 201 cm³/mol. The number of anilines is 5. The molecule has 252 valence electrons. The fourth-order valence-electron chi connectivity index (χ4n) is 6.28. The van der Waals surface area contributed by atoms with Crippen LogP contribution in [0.25, 0.3) is 22.6 Å². The Bertz CT molecular complexity index is 2130. The van der Waals surface area contributed by atoms with E-state index in [9.17, 15) is 0 Å². The van der Waals surface area contributed by atoms with Gasteiger partial charge in [-0.3, -0.25) is 9.55 Å². The van der Waals surface area contributed by atoms with E-state index in [1.165, 1.54) is 16.8 Å². The Morgan fingerprint density at radius 1 is 0.680 bits per heavy atom. The number of para-hydroxylation sites is 4. The number of aromatic nitrogens is 4. The summed E-state index contributed by atoms with van der Waals surface area (Å²) in [5.74, 6) is 2.30. The van der Waals surface area contributed by atoms with Crippen molar-refractivity contribution < 1.29 is 21.1 Å². The molecule has 7 aromatic rings. The molecule has 2 heterocycles. The Balaban J connectivity index is 0.00000432. The van der Waals surface area contributed by atoms with Gasteiger partial charge in [0.2, 0.25) is 5.95 Å². The van der Waals surface area contributed by atoms with Gasteiger partial charge in [-0.2, -0.15) is 29.2 Å². The maximum atomic E-state index is 5.27. The molecule has 7 rings (SSSR count). The van der Waals surface area contributed by atoms with Crippen LogP contribution in [-0.4, -0.2) is 26.1 Å². The van der Waals surface area contributed by atoms with Crippen molar-refractivity contribution in [3.63, 3.8) is 0 Å². The van der Waals surface area contributed by atoms with Crippen LogP contribution in [0.1, 0.15) is 50.7 Å². The minimum absolute atomic E-state index is 0. The van der Waals surface area contributed by atoms with Crippen LogP contribution in [0, 0.1) is 12.1 Å². The van der Waals surface area contributed by atoms with Gasteiger partial charge in [0.05, 0.1) is 18.2 Å². The van der Waals surface area contributed by atoms with Gasteiger partial charge in [-0.15, -0.1) is 35.9 Å². The Morgan fingerprint density at radius 2 is 1.32 bits per heavy atom. The molecule has 0 saturated heterocycles. The third kappa shape index (κ3) is 6.94. The summed E-state index contributed by atoms with van der Waals surface area (Å²) in [6.07, 6.45) is 6.15. The Morgan fingerprint density at radius 3 is 1.98 bits per heavy atom. The molecule has 0 radical (unpaired) electrons. The minimum Gasteiger partial charge on any atom is -0.338 e. The number of benzene rings is 5. The van der Waals surface area contributed by atoms with E-state index in [0.29, 0.717) is 11.8 Å². The normalized spacial score (nSPS) is 11.1. The van der Waals surface area contributed by atoms with Crippen LogP contribution in [0.3, 0.4) is 0 Å². The molecular formula is C43H40N6Pt. The number of rotatable bonds is 10. The summed E-state index contributed by atoms with van der Waals surface area (Å²) < 4.78 is 4.30. The molecule has 50 heavy (non-hydrogen) atoms. The van der Waals surface area contributed by atoms with Crippen LogP contribution >= 0.6 is 0 Å². The molecule has 0 spiro atoms. The van der Waals surface area contributed by atoms with Crippen LogP contribution in [0.4, 0.5) is 28.8 Å². The van der Waals surface area contributed by atoms with Gasteiger partial charge in [0.25, 0.3) is 0 Å². The fraction of sp³-hybridized carbons (Fsp3) is 0.163. The molecule has 0 bridgehead atoms. The van der Waals surface area contributed by atoms with E-state index >= 15 is 0 Å². The molecule has 0 fully saturated rings. The van der Waals surface area contributed by atoms with Crippen molar-refractivity contribution in [2.75, 3.05) is 16.8 Å². The SMILES string of the molecule is CC(C)c1cccc(C(C)C)c1-n1cnc(-c2[c-]c(N(c3ccccc3)c3cn(-c4ccccc4)c(N(C)c4[c-]cccc4)n3)ccc2)c1.[Pt+2]. The fourth-order valence-corrected chi connectivity index (χ4v) is 6.28. The number of hydrogen-bond acceptors (Lipinski definition) is 4. The quantitative estimate of drug-likeness (QED) is 0.129. The van der Waals surface area contributed by atoms with Crippen LogP contribution in [-0.2, 0) is 21.1 Å². The smallest absolute Gasteiger partial charge is 0.338 e. The zero-order chi connectivity index (χ0) is 33.9. The molecule has 0 saturated carbocycles. The summed E-state index contributed by atoms with van der Waals surface area (Å²) in [5, 5.41) is 0. The first kappa shape index (κ1) is 34.7. The van der Waals surface area contributed by atoms with Crippen molar-refractivity contribution in [3.8, 4) is 22.6 Å². The van der Waals surface area contributed by atoms with Gasteiger partial charge in [-0.05, 0) is 59.1 Å². The van der Waals surface area contributed by atoms with Crippen molar-refractivity contribution in [2.45, 2.75) is 39.5 Å². The van der Waals surface area contributed by atoms with Gasteiger partial charge < -0.3 is 14.4 Å². The molecule has 0 N–H and O–H groups in total. The molecular weight excluding hydrogens is 796 g/mol. The molecule has 0 amide bonds. The Kier molecular flexibility index (Phi) is 10.5. The van der Waals surface area contributed by atoms with Gasteiger partial charge in [-0.25, -0.2) is 0 Å². The van der Waals surface area contributed by atoms with Crippen LogP contribution < -0.4 is 9.80 Å². The first-order chi connectivity index (χ1) is 23.9. The van der Waals surface area contributed by atoms with E-state index in [0.717, 1.165) is 45.8 Å². The van der Waals surface area contributed by atoms with E-state index < -0.39 is 0 Å². The Labute approximate surface area is 310 Å². The van der Waals surface area contributed by atoms with Crippen molar-refractivity contribution in [3.05, 3.63) is 163 Å². The van der Waals surface area contributed by atoms with Gasteiger partial charge in [0, 0.05) is 24.1 Å². The number of nitrogens with zero attached hydrogens (tertiary/aromatic N) is 6. The minimum atomic E-state index is 0. The molecule has 0 atom stereocenters. The van der Waals surface area contributed by atoms with Crippen molar-refractivity contribution in [2.24, 2.45) is 0 Å². The predicted octanol–water partition coefficient (Wildman–Crippen LogP) is 10.8. The van der Waals surface area contributed by atoms with Crippen molar-refractivity contribution in [1.82, 2.24) is 19.1 Å². The van der Waals surface area contributed by atoms with Gasteiger partial charge in [-0.1, -0.05) is 88.0 Å². The first-order valence-corrected chi connectivity index (χ1v) is 16.8. The summed E-state index contributed by atoms with van der Waals surface area (Å²) >= 11 is 0. The summed E-state index contributed by atoms with van der Waals surface area (Å²) in [6, 6.07) is 48.5. The van der Waals surface area contributed by atoms with E-state index in [4.69, 9.17) is 9.97 Å². The first-order valence-electron chi connectivity index (χ1n) is 16.8. The Hall–Kier alpha value is -5.19. The average Bonchev–Trinajstić information content (AvgIpc) is 3.81. The second-order valence-corrected chi connectivity index (χ2v) is 12.8. The molecule has 6 nitrogen and oxygen atoms in total. The summed E-state index contributed by atoms with van der Waals surface area (Å²) in [7, 11) is 2.02. The van der Waals surface area contributed by atoms with Gasteiger partial charge in [0.1, 0.15) is 0 Å². The van der Waals surface area contributed by atoms with Crippen LogP contribution in [0.2, 0.25) is 0 Å². The van der Waals surface area contributed by atoms with E-state index in [1.807, 2.05) is 74.0 Å². The van der Waals surface area contributed by atoms with E-state index in [-0.39, 0.29) is 21.1 Å². The molecule has 0 aliphatic carbocycles. The third-order valence-corrected chi connectivity index (χ3v) is 8.79. The van der Waals surface area contributed by atoms with E-state index in [2.05, 4.69) is 132 Å². The molecule has 0 unspecified atom stereocenters. The number of hydrogen-bond donors (Lipinski definition) is 0. The number of imidazole rings is 2. The zero-order valence-electron chi connectivity index (χ0n) is 28.9. The summed E-state index contributed by atoms with van der Waals surface area (Å²) in [5.41, 5.74) is 9.38. The molecule has 5 aromatic carbocycles. The largest absolute Gasteiger partial charge is 2.00 e. The second kappa shape index (κ2) is 15.1. The zero-order valence-corrected chi connectivity index (χ0v) is 31.2. The summed E-state index contributed by atoms with van der Waals surface area (Å²) in [4.78, 5) is 14.4. The van der Waals surface area contributed by atoms with Gasteiger partial charge in [0.15, 0.2) is 5.82 Å². The molecule has 2 aromatic heterocycles. The molecule has 0 aliphatic heterocycles.